The van der Waals surface area contributed by atoms with Gasteiger partial charge in [-0.15, -0.1) is 5.10 Å². The monoisotopic (exact) mass is 406 g/mol. The van der Waals surface area contributed by atoms with Crippen LogP contribution in [-0.2, 0) is 6.54 Å². The number of hydrogen-bond donors (Lipinski definition) is 0. The van der Waals surface area contributed by atoms with Crippen LogP contribution < -0.4 is 4.74 Å². The van der Waals surface area contributed by atoms with Gasteiger partial charge in [-0.1, -0.05) is 29.8 Å². The summed E-state index contributed by atoms with van der Waals surface area (Å²) >= 11 is 0. The Labute approximate surface area is 176 Å². The van der Waals surface area contributed by atoms with Crippen LogP contribution in [0.15, 0.2) is 48.5 Å². The Morgan fingerprint density at radius 2 is 1.77 bits per heavy atom. The molecule has 0 aliphatic carbocycles. The summed E-state index contributed by atoms with van der Waals surface area (Å²) in [7, 11) is 0. The molecule has 8 nitrogen and oxygen atoms in total. The third-order valence-electron chi connectivity index (χ3n) is 5.25. The number of carbonyl (C=O) groups excluding carboxylic acids is 1. The van der Waals surface area contributed by atoms with E-state index in [1.54, 1.807) is 4.68 Å². The minimum absolute atomic E-state index is 0.0168. The number of ether oxygens (including phenoxy) is 1. The lowest BCUT2D eigenvalue weighted by Gasteiger charge is -2.34. The van der Waals surface area contributed by atoms with Crippen molar-refractivity contribution in [1.82, 2.24) is 30.0 Å². The molecule has 156 valence electrons. The molecule has 8 heteroatoms. The molecule has 0 saturated carbocycles. The highest BCUT2D eigenvalue weighted by Crippen LogP contribution is 2.21. The van der Waals surface area contributed by atoms with Gasteiger partial charge in [0.25, 0.3) is 5.91 Å². The molecule has 1 aliphatic heterocycles. The molecular formula is C22H26N6O2. The van der Waals surface area contributed by atoms with Crippen LogP contribution in [0.1, 0.15) is 28.7 Å². The summed E-state index contributed by atoms with van der Waals surface area (Å²) in [6.07, 6.45) is 0. The predicted molar refractivity (Wildman–Crippen MR) is 113 cm³/mol. The van der Waals surface area contributed by atoms with Gasteiger partial charge in [0.15, 0.2) is 5.82 Å². The summed E-state index contributed by atoms with van der Waals surface area (Å²) < 4.78 is 7.39. The summed E-state index contributed by atoms with van der Waals surface area (Å²) in [4.78, 5) is 17.1. The first kappa shape index (κ1) is 20.0. The second kappa shape index (κ2) is 9.04. The minimum Gasteiger partial charge on any atom is -0.493 e. The lowest BCUT2D eigenvalue weighted by Crippen LogP contribution is -2.48. The topological polar surface area (TPSA) is 76.4 Å². The van der Waals surface area contributed by atoms with Crippen LogP contribution in [0.4, 0.5) is 0 Å². The average Bonchev–Trinajstić information content (AvgIpc) is 3.23. The van der Waals surface area contributed by atoms with Crippen LogP contribution in [0, 0.1) is 6.92 Å². The number of aryl methyl sites for hydroxylation is 1. The van der Waals surface area contributed by atoms with E-state index in [2.05, 4.69) is 27.3 Å². The largest absolute Gasteiger partial charge is 0.493 e. The van der Waals surface area contributed by atoms with Gasteiger partial charge in [0.1, 0.15) is 5.75 Å². The van der Waals surface area contributed by atoms with Crippen LogP contribution in [0.25, 0.3) is 5.69 Å². The van der Waals surface area contributed by atoms with Gasteiger partial charge in [0.05, 0.1) is 24.4 Å². The number of nitrogens with zero attached hydrogens (tertiary/aromatic N) is 6. The van der Waals surface area contributed by atoms with Crippen LogP contribution in [0.2, 0.25) is 0 Å². The molecule has 1 aromatic heterocycles. The number of aromatic nitrogens is 4. The first-order chi connectivity index (χ1) is 14.7. The SMILES string of the molecule is CCOc1ccccc1C(=O)N1CCN(Cc2nnnn2-c2ccc(C)cc2)CC1. The number of tetrazole rings is 1. The van der Waals surface area contributed by atoms with E-state index in [1.807, 2.05) is 60.4 Å². The fraction of sp³-hybridized carbons (Fsp3) is 0.364. The Morgan fingerprint density at radius 1 is 1.03 bits per heavy atom. The Bertz CT molecular complexity index is 993. The molecule has 0 unspecified atom stereocenters. The number of hydrogen-bond acceptors (Lipinski definition) is 6. The first-order valence-electron chi connectivity index (χ1n) is 10.2. The van der Waals surface area contributed by atoms with Crippen LogP contribution in [0.3, 0.4) is 0 Å². The number of benzene rings is 2. The van der Waals surface area contributed by atoms with E-state index < -0.39 is 0 Å². The van der Waals surface area contributed by atoms with Gasteiger partial charge in [-0.3, -0.25) is 9.69 Å². The molecule has 0 bridgehead atoms. The van der Waals surface area contributed by atoms with E-state index in [-0.39, 0.29) is 5.91 Å². The molecule has 1 aliphatic rings. The summed E-state index contributed by atoms with van der Waals surface area (Å²) in [5.41, 5.74) is 2.76. The highest BCUT2D eigenvalue weighted by Gasteiger charge is 2.25. The fourth-order valence-corrected chi connectivity index (χ4v) is 3.59. The first-order valence-corrected chi connectivity index (χ1v) is 10.2. The molecule has 2 aromatic carbocycles. The molecule has 1 amide bonds. The van der Waals surface area contributed by atoms with Crippen molar-refractivity contribution in [2.24, 2.45) is 0 Å². The average molecular weight is 406 g/mol. The highest BCUT2D eigenvalue weighted by molar-refractivity contribution is 5.97. The van der Waals surface area contributed by atoms with Crippen molar-refractivity contribution >= 4 is 5.91 Å². The van der Waals surface area contributed by atoms with E-state index in [0.717, 1.165) is 24.6 Å². The van der Waals surface area contributed by atoms with Gasteiger partial charge in [0.2, 0.25) is 0 Å². The number of carbonyl (C=O) groups is 1. The Kier molecular flexibility index (Phi) is 6.04. The van der Waals surface area contributed by atoms with E-state index in [1.165, 1.54) is 5.56 Å². The van der Waals surface area contributed by atoms with Crippen LogP contribution in [0.5, 0.6) is 5.75 Å². The smallest absolute Gasteiger partial charge is 0.257 e. The van der Waals surface area contributed by atoms with Gasteiger partial charge in [-0.25, -0.2) is 0 Å². The molecule has 4 rings (SSSR count). The normalized spacial score (nSPS) is 14.7. The zero-order chi connectivity index (χ0) is 20.9. The van der Waals surface area contributed by atoms with Crippen molar-refractivity contribution < 1.29 is 9.53 Å². The van der Waals surface area contributed by atoms with E-state index in [0.29, 0.717) is 37.6 Å². The maximum absolute atomic E-state index is 13.0. The molecule has 2 heterocycles. The second-order valence-corrected chi connectivity index (χ2v) is 7.34. The van der Waals surface area contributed by atoms with E-state index >= 15 is 0 Å². The number of amides is 1. The highest BCUT2D eigenvalue weighted by atomic mass is 16.5. The van der Waals surface area contributed by atoms with Gasteiger partial charge in [0, 0.05) is 26.2 Å². The molecule has 0 radical (unpaired) electrons. The van der Waals surface area contributed by atoms with Crippen molar-refractivity contribution in [2.45, 2.75) is 20.4 Å². The maximum atomic E-state index is 13.0. The minimum atomic E-state index is 0.0168. The molecular weight excluding hydrogens is 380 g/mol. The number of rotatable bonds is 6. The molecule has 3 aromatic rings. The zero-order valence-corrected chi connectivity index (χ0v) is 17.4. The molecule has 0 spiro atoms. The lowest BCUT2D eigenvalue weighted by molar-refractivity contribution is 0.0620. The van der Waals surface area contributed by atoms with Crippen LogP contribution in [-0.4, -0.2) is 68.7 Å². The summed E-state index contributed by atoms with van der Waals surface area (Å²) in [5.74, 6) is 1.45. The molecule has 30 heavy (non-hydrogen) atoms. The van der Waals surface area contributed by atoms with Crippen molar-refractivity contribution in [3.05, 3.63) is 65.5 Å². The van der Waals surface area contributed by atoms with Crippen LogP contribution >= 0.6 is 0 Å². The summed E-state index contributed by atoms with van der Waals surface area (Å²) in [6, 6.07) is 15.6. The van der Waals surface area contributed by atoms with Crippen molar-refractivity contribution in [2.75, 3.05) is 32.8 Å². The second-order valence-electron chi connectivity index (χ2n) is 7.34. The zero-order valence-electron chi connectivity index (χ0n) is 17.4. The van der Waals surface area contributed by atoms with Crippen molar-refractivity contribution in [3.63, 3.8) is 0 Å². The molecule has 0 N–H and O–H groups in total. The fourth-order valence-electron chi connectivity index (χ4n) is 3.59. The standard InChI is InChI=1S/C22H26N6O2/c1-3-30-20-7-5-4-6-19(20)22(29)27-14-12-26(13-15-27)16-21-23-24-25-28(21)18-10-8-17(2)9-11-18/h4-11H,3,12-16H2,1-2H3. The van der Waals surface area contributed by atoms with E-state index in [9.17, 15) is 4.79 Å². The molecule has 0 atom stereocenters. The molecule has 1 fully saturated rings. The van der Waals surface area contributed by atoms with E-state index in [4.69, 9.17) is 4.74 Å². The Hall–Kier alpha value is -3.26. The Balaban J connectivity index is 1.39. The summed E-state index contributed by atoms with van der Waals surface area (Å²) in [5, 5.41) is 12.2. The lowest BCUT2D eigenvalue weighted by atomic mass is 10.1. The quantitative estimate of drug-likeness (QED) is 0.625. The van der Waals surface area contributed by atoms with Crippen molar-refractivity contribution in [3.8, 4) is 11.4 Å². The van der Waals surface area contributed by atoms with Gasteiger partial charge >= 0.3 is 0 Å². The molecule has 1 saturated heterocycles. The number of piperazine rings is 1. The third-order valence-corrected chi connectivity index (χ3v) is 5.25. The third kappa shape index (κ3) is 4.33. The maximum Gasteiger partial charge on any atom is 0.257 e. The van der Waals surface area contributed by atoms with Gasteiger partial charge in [-0.2, -0.15) is 4.68 Å². The van der Waals surface area contributed by atoms with Crippen molar-refractivity contribution in [1.29, 1.82) is 0 Å². The van der Waals surface area contributed by atoms with Gasteiger partial charge in [-0.05, 0) is 48.5 Å². The Morgan fingerprint density at radius 3 is 2.50 bits per heavy atom. The summed E-state index contributed by atoms with van der Waals surface area (Å²) in [6.45, 7) is 8.00. The number of para-hydroxylation sites is 1. The predicted octanol–water partition coefficient (Wildman–Crippen LogP) is 2.33. The van der Waals surface area contributed by atoms with Gasteiger partial charge < -0.3 is 9.64 Å².